The van der Waals surface area contributed by atoms with Crippen LogP contribution in [0.1, 0.15) is 56.7 Å². The van der Waals surface area contributed by atoms with E-state index in [1.54, 1.807) is 0 Å². The molecule has 0 spiro atoms. The van der Waals surface area contributed by atoms with Gasteiger partial charge < -0.3 is 5.32 Å². The lowest BCUT2D eigenvalue weighted by Crippen LogP contribution is -2.26. The molecular weight excluding hydrogens is 206 g/mol. The highest BCUT2D eigenvalue weighted by Crippen LogP contribution is 2.49. The van der Waals surface area contributed by atoms with Crippen LogP contribution in [0.2, 0.25) is 0 Å². The Morgan fingerprint density at radius 3 is 2.71 bits per heavy atom. The largest absolute Gasteiger partial charge is 0.310 e. The second-order valence-corrected chi connectivity index (χ2v) is 5.77. The summed E-state index contributed by atoms with van der Waals surface area (Å²) >= 11 is 0. The Hall–Kier alpha value is -0.820. The fourth-order valence-electron chi connectivity index (χ4n) is 2.65. The van der Waals surface area contributed by atoms with Gasteiger partial charge in [0.05, 0.1) is 0 Å². The van der Waals surface area contributed by atoms with Gasteiger partial charge in [0, 0.05) is 12.6 Å². The summed E-state index contributed by atoms with van der Waals surface area (Å²) in [5, 5.41) is 3.71. The van der Waals surface area contributed by atoms with Gasteiger partial charge >= 0.3 is 0 Å². The number of hydrogen-bond acceptors (Lipinski definition) is 1. The normalized spacial score (nSPS) is 19.0. The minimum absolute atomic E-state index is 0.476. The summed E-state index contributed by atoms with van der Waals surface area (Å²) in [7, 11) is 0. The van der Waals surface area contributed by atoms with Gasteiger partial charge in [0.15, 0.2) is 0 Å². The lowest BCUT2D eigenvalue weighted by molar-refractivity contribution is 0.397. The van der Waals surface area contributed by atoms with E-state index >= 15 is 0 Å². The Kier molecular flexibility index (Phi) is 3.88. The van der Waals surface area contributed by atoms with Crippen molar-refractivity contribution in [2.24, 2.45) is 5.41 Å². The van der Waals surface area contributed by atoms with Gasteiger partial charge in [-0.25, -0.2) is 0 Å². The quantitative estimate of drug-likeness (QED) is 0.772. The monoisotopic (exact) mass is 231 g/mol. The second-order valence-electron chi connectivity index (χ2n) is 5.77. The molecule has 1 unspecified atom stereocenters. The van der Waals surface area contributed by atoms with Crippen molar-refractivity contribution in [3.63, 3.8) is 0 Å². The molecular formula is C16H25N. The molecule has 1 aromatic carbocycles. The standard InChI is InChI=1S/C16H25N/c1-4-8-16(9-10-16)12-17-14(3)15-7-5-6-13(2)11-15/h5-7,11,14,17H,4,8-10,12H2,1-3H3. The number of benzene rings is 1. The maximum atomic E-state index is 3.71. The molecule has 1 atom stereocenters. The van der Waals surface area contributed by atoms with Crippen LogP contribution < -0.4 is 5.32 Å². The van der Waals surface area contributed by atoms with Gasteiger partial charge in [0.25, 0.3) is 0 Å². The maximum Gasteiger partial charge on any atom is 0.0292 e. The van der Waals surface area contributed by atoms with Crippen molar-refractivity contribution in [2.75, 3.05) is 6.54 Å². The first kappa shape index (κ1) is 12.6. The number of rotatable bonds is 6. The fraction of sp³-hybridized carbons (Fsp3) is 0.625. The van der Waals surface area contributed by atoms with E-state index < -0.39 is 0 Å². The van der Waals surface area contributed by atoms with Gasteiger partial charge in [0.1, 0.15) is 0 Å². The zero-order chi connectivity index (χ0) is 12.3. The summed E-state index contributed by atoms with van der Waals surface area (Å²) in [6.07, 6.45) is 5.56. The van der Waals surface area contributed by atoms with E-state index in [0.29, 0.717) is 11.5 Å². The average molecular weight is 231 g/mol. The number of aryl methyl sites for hydroxylation is 1. The summed E-state index contributed by atoms with van der Waals surface area (Å²) in [5.74, 6) is 0. The van der Waals surface area contributed by atoms with E-state index in [9.17, 15) is 0 Å². The molecule has 17 heavy (non-hydrogen) atoms. The molecule has 0 heterocycles. The van der Waals surface area contributed by atoms with Gasteiger partial charge in [0.2, 0.25) is 0 Å². The first-order valence-corrected chi connectivity index (χ1v) is 6.95. The molecule has 0 aliphatic heterocycles. The van der Waals surface area contributed by atoms with Gasteiger partial charge in [-0.3, -0.25) is 0 Å². The molecule has 1 aromatic rings. The minimum Gasteiger partial charge on any atom is -0.310 e. The Morgan fingerprint density at radius 1 is 1.35 bits per heavy atom. The summed E-state index contributed by atoms with van der Waals surface area (Å²) in [5.41, 5.74) is 3.41. The topological polar surface area (TPSA) is 12.0 Å². The maximum absolute atomic E-state index is 3.71. The molecule has 0 amide bonds. The summed E-state index contributed by atoms with van der Waals surface area (Å²) in [6, 6.07) is 9.31. The zero-order valence-corrected chi connectivity index (χ0v) is 11.4. The van der Waals surface area contributed by atoms with E-state index in [4.69, 9.17) is 0 Å². The highest BCUT2D eigenvalue weighted by molar-refractivity contribution is 5.24. The Morgan fingerprint density at radius 2 is 2.12 bits per heavy atom. The van der Waals surface area contributed by atoms with E-state index in [1.165, 1.54) is 43.4 Å². The van der Waals surface area contributed by atoms with E-state index in [2.05, 4.69) is 50.4 Å². The van der Waals surface area contributed by atoms with E-state index in [0.717, 1.165) is 0 Å². The van der Waals surface area contributed by atoms with Crippen molar-refractivity contribution in [1.29, 1.82) is 0 Å². The van der Waals surface area contributed by atoms with Crippen LogP contribution in [0.4, 0.5) is 0 Å². The Labute approximate surface area is 106 Å². The first-order chi connectivity index (χ1) is 8.15. The highest BCUT2D eigenvalue weighted by atomic mass is 14.9. The third kappa shape index (κ3) is 3.32. The number of nitrogens with one attached hydrogen (secondary N) is 1. The second kappa shape index (κ2) is 5.22. The molecule has 0 radical (unpaired) electrons. The molecule has 2 rings (SSSR count). The van der Waals surface area contributed by atoms with Crippen molar-refractivity contribution >= 4 is 0 Å². The smallest absolute Gasteiger partial charge is 0.0292 e. The molecule has 1 N–H and O–H groups in total. The van der Waals surface area contributed by atoms with Crippen LogP contribution >= 0.6 is 0 Å². The van der Waals surface area contributed by atoms with Gasteiger partial charge in [-0.1, -0.05) is 43.2 Å². The van der Waals surface area contributed by atoms with Crippen molar-refractivity contribution in [1.82, 2.24) is 5.32 Å². The molecule has 1 aliphatic rings. The zero-order valence-electron chi connectivity index (χ0n) is 11.4. The molecule has 94 valence electrons. The lowest BCUT2D eigenvalue weighted by atomic mass is 9.99. The minimum atomic E-state index is 0.476. The molecule has 1 nitrogen and oxygen atoms in total. The van der Waals surface area contributed by atoms with Crippen LogP contribution in [0.25, 0.3) is 0 Å². The molecule has 0 bridgehead atoms. The Bertz CT molecular complexity index is 366. The van der Waals surface area contributed by atoms with E-state index in [-0.39, 0.29) is 0 Å². The van der Waals surface area contributed by atoms with Crippen LogP contribution in [0.15, 0.2) is 24.3 Å². The molecule has 1 saturated carbocycles. The van der Waals surface area contributed by atoms with Crippen molar-refractivity contribution in [3.8, 4) is 0 Å². The summed E-state index contributed by atoms with van der Waals surface area (Å²) in [4.78, 5) is 0. The van der Waals surface area contributed by atoms with Gasteiger partial charge in [-0.2, -0.15) is 0 Å². The predicted octanol–water partition coefficient (Wildman–Crippen LogP) is 4.23. The summed E-state index contributed by atoms with van der Waals surface area (Å²) < 4.78 is 0. The van der Waals surface area contributed by atoms with Crippen LogP contribution in [-0.2, 0) is 0 Å². The summed E-state index contributed by atoms with van der Waals surface area (Å²) in [6.45, 7) is 7.92. The number of hydrogen-bond donors (Lipinski definition) is 1. The predicted molar refractivity (Wildman–Crippen MR) is 74.2 cm³/mol. The third-order valence-corrected chi connectivity index (χ3v) is 4.06. The van der Waals surface area contributed by atoms with Crippen LogP contribution in [0.3, 0.4) is 0 Å². The average Bonchev–Trinajstić information content (AvgIpc) is 3.07. The fourth-order valence-corrected chi connectivity index (χ4v) is 2.65. The van der Waals surface area contributed by atoms with Crippen LogP contribution in [-0.4, -0.2) is 6.54 Å². The molecule has 1 fully saturated rings. The highest BCUT2D eigenvalue weighted by Gasteiger charge is 2.41. The van der Waals surface area contributed by atoms with Gasteiger partial charge in [-0.05, 0) is 44.1 Å². The van der Waals surface area contributed by atoms with Crippen molar-refractivity contribution in [3.05, 3.63) is 35.4 Å². The van der Waals surface area contributed by atoms with Crippen molar-refractivity contribution < 1.29 is 0 Å². The van der Waals surface area contributed by atoms with Crippen LogP contribution in [0.5, 0.6) is 0 Å². The first-order valence-electron chi connectivity index (χ1n) is 6.95. The van der Waals surface area contributed by atoms with Crippen molar-refractivity contribution in [2.45, 2.75) is 52.5 Å². The molecule has 0 aromatic heterocycles. The third-order valence-electron chi connectivity index (χ3n) is 4.06. The van der Waals surface area contributed by atoms with Crippen LogP contribution in [0, 0.1) is 12.3 Å². The van der Waals surface area contributed by atoms with E-state index in [1.807, 2.05) is 0 Å². The van der Waals surface area contributed by atoms with Gasteiger partial charge in [-0.15, -0.1) is 0 Å². The molecule has 0 saturated heterocycles. The lowest BCUT2D eigenvalue weighted by Gasteiger charge is -2.20. The molecule has 1 aliphatic carbocycles. The Balaban J connectivity index is 1.87. The molecule has 1 heteroatoms. The SMILES string of the molecule is CCCC1(CNC(C)c2cccc(C)c2)CC1.